The number of Topliss-reactive ketones (excluding diaryl/α,β-unsaturated/α-hetero) is 2. The van der Waals surface area contributed by atoms with Crippen LogP contribution < -0.4 is 11.1 Å². The van der Waals surface area contributed by atoms with Crippen LogP contribution in [0.25, 0.3) is 11.1 Å². The van der Waals surface area contributed by atoms with Crippen LogP contribution in [-0.4, -0.2) is 74.4 Å². The van der Waals surface area contributed by atoms with Gasteiger partial charge in [-0.15, -0.1) is 0 Å². The van der Waals surface area contributed by atoms with E-state index in [9.17, 15) is 39.6 Å². The molecule has 2 aromatic carbocycles. The Morgan fingerprint density at radius 3 is 2.29 bits per heavy atom. The van der Waals surface area contributed by atoms with Gasteiger partial charge < -0.3 is 31.5 Å². The molecule has 0 bridgehead atoms. The summed E-state index contributed by atoms with van der Waals surface area (Å²) in [6.07, 6.45) is 1.95. The van der Waals surface area contributed by atoms with E-state index in [1.807, 2.05) is 0 Å². The molecule has 4 atom stereocenters. The first-order valence-corrected chi connectivity index (χ1v) is 13.8. The summed E-state index contributed by atoms with van der Waals surface area (Å²) in [5.74, 6) is -6.86. The molecule has 2 amide bonds. The van der Waals surface area contributed by atoms with Crippen LogP contribution in [-0.2, 0) is 20.8 Å². The number of rotatable bonds is 5. The number of carbonyl (C=O) groups excluding carboxylic acids is 4. The normalized spacial score (nSPS) is 27.0. The number of ketones is 2. The Morgan fingerprint density at radius 1 is 1.02 bits per heavy atom. The molecule has 6 rings (SSSR count). The van der Waals surface area contributed by atoms with E-state index in [-0.39, 0.29) is 41.6 Å². The molecule has 0 unspecified atom stereocenters. The van der Waals surface area contributed by atoms with Gasteiger partial charge in [0.1, 0.15) is 22.8 Å². The maximum atomic E-state index is 13.9. The van der Waals surface area contributed by atoms with Gasteiger partial charge in [-0.1, -0.05) is 18.2 Å². The SMILES string of the molecule is CN(C)[C@@H]1C(O)=C(C(N)=O)C(=O)[C@@]2(O)C(O)=C3C(=O)c4c(O)ccc(-c5ccc(NC(=O)C6CC6)cc5)c4C[C@H]3C[C@@H]12. The van der Waals surface area contributed by atoms with Crippen molar-refractivity contribution in [3.05, 3.63) is 70.2 Å². The number of hydrogen-bond acceptors (Lipinski definition) is 9. The number of aliphatic hydroxyl groups is 3. The Kier molecular flexibility index (Phi) is 6.28. The number of likely N-dealkylation sites (N-methyl/N-ethyl adjacent to an activating group) is 1. The molecule has 11 nitrogen and oxygen atoms in total. The monoisotopic (exact) mass is 573 g/mol. The van der Waals surface area contributed by atoms with Gasteiger partial charge in [0.05, 0.1) is 11.6 Å². The van der Waals surface area contributed by atoms with Crippen LogP contribution in [0, 0.1) is 17.8 Å². The number of hydrogen-bond donors (Lipinski definition) is 6. The van der Waals surface area contributed by atoms with Gasteiger partial charge in [-0.3, -0.25) is 24.1 Å². The number of amides is 2. The lowest BCUT2D eigenvalue weighted by atomic mass is 9.58. The standard InChI is InChI=1S/C31H31N3O8/c1-34(2)24-19-12-15-11-18-17(13-5-7-16(8-6-13)33-30(41)14-3-4-14)9-10-20(35)22(18)25(36)21(15)27(38)31(19,42)28(39)23(26(24)37)29(32)40/h5-10,14-15,19,24,35,37-38,42H,3-4,11-12H2,1-2H3,(H2,32,40)(H,33,41)/t15-,19-,24-,31-/m0/s1. The van der Waals surface area contributed by atoms with E-state index in [2.05, 4.69) is 5.32 Å². The molecule has 4 aliphatic carbocycles. The molecule has 0 heterocycles. The number of aliphatic hydroxyl groups excluding tert-OH is 2. The first-order chi connectivity index (χ1) is 19.9. The Morgan fingerprint density at radius 2 is 1.69 bits per heavy atom. The Bertz CT molecular complexity index is 1640. The summed E-state index contributed by atoms with van der Waals surface area (Å²) in [4.78, 5) is 53.1. The third-order valence-electron chi connectivity index (χ3n) is 9.02. The summed E-state index contributed by atoms with van der Waals surface area (Å²) in [6.45, 7) is 0. The van der Waals surface area contributed by atoms with Gasteiger partial charge >= 0.3 is 0 Å². The average Bonchev–Trinajstić information content (AvgIpc) is 3.77. The van der Waals surface area contributed by atoms with Crippen LogP contribution >= 0.6 is 0 Å². The summed E-state index contributed by atoms with van der Waals surface area (Å²) in [7, 11) is 3.17. The van der Waals surface area contributed by atoms with Crippen molar-refractivity contribution in [3.8, 4) is 16.9 Å². The second kappa shape index (κ2) is 9.53. The number of primary amides is 1. The van der Waals surface area contributed by atoms with Crippen LogP contribution in [0.2, 0.25) is 0 Å². The molecule has 0 saturated heterocycles. The van der Waals surface area contributed by atoms with Crippen LogP contribution in [0.5, 0.6) is 5.75 Å². The quantitative estimate of drug-likeness (QED) is 0.291. The number of nitrogens with two attached hydrogens (primary N) is 1. The van der Waals surface area contributed by atoms with Crippen LogP contribution in [0.3, 0.4) is 0 Å². The number of carbonyl (C=O) groups is 4. The fourth-order valence-electron chi connectivity index (χ4n) is 6.84. The molecule has 0 aromatic heterocycles. The predicted molar refractivity (Wildman–Crippen MR) is 150 cm³/mol. The van der Waals surface area contributed by atoms with Crippen molar-refractivity contribution in [1.82, 2.24) is 4.90 Å². The number of phenolic OH excluding ortho intramolecular Hbond substituents is 1. The number of fused-ring (bicyclic) bond motifs is 3. The zero-order valence-corrected chi connectivity index (χ0v) is 23.0. The maximum Gasteiger partial charge on any atom is 0.255 e. The minimum atomic E-state index is -2.68. The first kappa shape index (κ1) is 27.7. The van der Waals surface area contributed by atoms with Gasteiger partial charge in [0.25, 0.3) is 5.91 Å². The highest BCUT2D eigenvalue weighted by molar-refractivity contribution is 6.25. The van der Waals surface area contributed by atoms with Crippen molar-refractivity contribution in [2.24, 2.45) is 23.5 Å². The van der Waals surface area contributed by atoms with Gasteiger partial charge in [0, 0.05) is 23.1 Å². The molecule has 0 spiro atoms. The molecular formula is C31H31N3O8. The average molecular weight is 574 g/mol. The number of anilines is 1. The molecule has 1 fully saturated rings. The third kappa shape index (κ3) is 3.95. The van der Waals surface area contributed by atoms with E-state index < -0.39 is 58.0 Å². The van der Waals surface area contributed by atoms with Crippen molar-refractivity contribution in [1.29, 1.82) is 0 Å². The van der Waals surface area contributed by atoms with Crippen LogP contribution in [0.4, 0.5) is 5.69 Å². The van der Waals surface area contributed by atoms with E-state index in [1.54, 1.807) is 44.4 Å². The van der Waals surface area contributed by atoms with Crippen LogP contribution in [0.15, 0.2) is 59.1 Å². The summed E-state index contributed by atoms with van der Waals surface area (Å²) in [5, 5.41) is 47.7. The topological polar surface area (TPSA) is 190 Å². The fraction of sp³-hybridized carbons (Fsp3) is 0.355. The molecule has 1 saturated carbocycles. The van der Waals surface area contributed by atoms with Crippen molar-refractivity contribution in [2.75, 3.05) is 19.4 Å². The van der Waals surface area contributed by atoms with Crippen molar-refractivity contribution < 1.29 is 39.6 Å². The number of allylic oxidation sites excluding steroid dienone is 1. The van der Waals surface area contributed by atoms with Gasteiger partial charge in [0.15, 0.2) is 11.4 Å². The van der Waals surface area contributed by atoms with E-state index >= 15 is 0 Å². The second-order valence-corrected chi connectivity index (χ2v) is 11.8. The van der Waals surface area contributed by atoms with Gasteiger partial charge in [-0.05, 0) is 80.6 Å². The zero-order valence-electron chi connectivity index (χ0n) is 23.0. The van der Waals surface area contributed by atoms with E-state index in [1.165, 1.54) is 11.0 Å². The number of nitrogens with one attached hydrogen (secondary N) is 1. The molecule has 2 aromatic rings. The number of benzene rings is 2. The largest absolute Gasteiger partial charge is 0.510 e. The molecule has 218 valence electrons. The molecule has 4 aliphatic rings. The zero-order chi connectivity index (χ0) is 30.2. The molecule has 42 heavy (non-hydrogen) atoms. The Balaban J connectivity index is 1.44. The molecule has 11 heteroatoms. The summed E-state index contributed by atoms with van der Waals surface area (Å²) >= 11 is 0. The fourth-order valence-corrected chi connectivity index (χ4v) is 6.84. The first-order valence-electron chi connectivity index (χ1n) is 13.8. The van der Waals surface area contributed by atoms with Crippen molar-refractivity contribution in [2.45, 2.75) is 37.3 Å². The summed E-state index contributed by atoms with van der Waals surface area (Å²) in [6, 6.07) is 9.13. The lowest BCUT2D eigenvalue weighted by Gasteiger charge is -2.50. The van der Waals surface area contributed by atoms with Crippen molar-refractivity contribution in [3.63, 3.8) is 0 Å². The lowest BCUT2D eigenvalue weighted by molar-refractivity contribution is -0.148. The molecule has 7 N–H and O–H groups in total. The van der Waals surface area contributed by atoms with Gasteiger partial charge in [-0.25, -0.2) is 0 Å². The minimum absolute atomic E-state index is 0.00694. The number of aromatic hydroxyl groups is 1. The maximum absolute atomic E-state index is 13.9. The van der Waals surface area contributed by atoms with Crippen LogP contribution in [0.1, 0.15) is 35.2 Å². The molecule has 0 radical (unpaired) electrons. The smallest absolute Gasteiger partial charge is 0.255 e. The number of phenols is 1. The Hall–Kier alpha value is -4.48. The van der Waals surface area contributed by atoms with E-state index in [4.69, 9.17) is 5.73 Å². The van der Waals surface area contributed by atoms with Gasteiger partial charge in [-0.2, -0.15) is 0 Å². The van der Waals surface area contributed by atoms with E-state index in [0.29, 0.717) is 16.8 Å². The third-order valence-corrected chi connectivity index (χ3v) is 9.02. The van der Waals surface area contributed by atoms with Gasteiger partial charge in [0.2, 0.25) is 11.7 Å². The lowest BCUT2D eigenvalue weighted by Crippen LogP contribution is -2.63. The Labute approximate surface area is 240 Å². The second-order valence-electron chi connectivity index (χ2n) is 11.8. The predicted octanol–water partition coefficient (Wildman–Crippen LogP) is 2.14. The van der Waals surface area contributed by atoms with Crippen molar-refractivity contribution >= 4 is 29.1 Å². The highest BCUT2D eigenvalue weighted by Crippen LogP contribution is 2.53. The highest BCUT2D eigenvalue weighted by Gasteiger charge is 2.63. The minimum Gasteiger partial charge on any atom is -0.510 e. The molecular weight excluding hydrogens is 542 g/mol. The number of nitrogens with zero attached hydrogens (tertiary/aromatic N) is 1. The molecule has 0 aliphatic heterocycles. The van der Waals surface area contributed by atoms with E-state index in [0.717, 1.165) is 18.4 Å². The highest BCUT2D eigenvalue weighted by atomic mass is 16.3. The summed E-state index contributed by atoms with van der Waals surface area (Å²) < 4.78 is 0. The summed E-state index contributed by atoms with van der Waals surface area (Å²) in [5.41, 5.74) is 4.16.